The van der Waals surface area contributed by atoms with Crippen LogP contribution in [0.5, 0.6) is 0 Å². The molecule has 2 aromatic heterocycles. The molecule has 4 heteroatoms. The number of para-hydroxylation sites is 1. The minimum absolute atomic E-state index is 0.169. The van der Waals surface area contributed by atoms with Crippen molar-refractivity contribution in [1.29, 1.82) is 0 Å². The van der Waals surface area contributed by atoms with Crippen molar-refractivity contribution in [1.82, 2.24) is 4.57 Å². The van der Waals surface area contributed by atoms with Crippen LogP contribution < -0.4 is 0 Å². The Balaban J connectivity index is 1.02. The zero-order valence-corrected chi connectivity index (χ0v) is 37.7. The summed E-state index contributed by atoms with van der Waals surface area (Å²) in [6.45, 7) is 2.35. The molecule has 0 saturated carbocycles. The molecule has 322 valence electrons. The van der Waals surface area contributed by atoms with Gasteiger partial charge in [0, 0.05) is 50.4 Å². The Morgan fingerprint density at radius 3 is 1.91 bits per heavy atom. The first-order valence-electron chi connectivity index (χ1n) is 24.0. The molecule has 4 nitrogen and oxygen atoms in total. The van der Waals surface area contributed by atoms with Gasteiger partial charge in [0.05, 0.1) is 22.4 Å². The Morgan fingerprint density at radius 2 is 1.12 bits per heavy atom. The highest BCUT2D eigenvalue weighted by Crippen LogP contribution is 2.47. The Labute approximate surface area is 393 Å². The highest BCUT2D eigenvalue weighted by molar-refractivity contribution is 6.21. The molecule has 10 aromatic carbocycles. The van der Waals surface area contributed by atoms with Gasteiger partial charge in [0.2, 0.25) is 0 Å². The van der Waals surface area contributed by atoms with Gasteiger partial charge >= 0.3 is 0 Å². The first-order chi connectivity index (χ1) is 33.6. The molecule has 0 bridgehead atoms. The van der Waals surface area contributed by atoms with Crippen molar-refractivity contribution in [3.8, 4) is 16.8 Å². The molecular formula is C64H45N3O. The second-order valence-corrected chi connectivity index (χ2v) is 18.8. The SMILES string of the molecule is CC1C/C=C(\c2cc3c(cc2-n2c4ccccc4c4cc5ccccc5cc42)oc2ccc4ccccc4c23)N=C(c2cccc3ccccc23)N=C1CCC1c2ccccc2-c2ccccc21. The van der Waals surface area contributed by atoms with Gasteiger partial charge in [0.25, 0.3) is 0 Å². The van der Waals surface area contributed by atoms with Crippen LogP contribution in [0, 0.1) is 5.92 Å². The van der Waals surface area contributed by atoms with E-state index in [0.717, 1.165) is 86.0 Å². The number of fused-ring (bicyclic) bond motifs is 13. The minimum atomic E-state index is 0.169. The molecule has 0 fully saturated rings. The highest BCUT2D eigenvalue weighted by atomic mass is 16.3. The zero-order chi connectivity index (χ0) is 44.9. The number of hydrogen-bond acceptors (Lipinski definition) is 3. The van der Waals surface area contributed by atoms with E-state index in [1.165, 1.54) is 65.7 Å². The molecule has 1 aliphatic heterocycles. The Kier molecular flexibility index (Phi) is 8.79. The fourth-order valence-electron chi connectivity index (χ4n) is 11.6. The van der Waals surface area contributed by atoms with Crippen LogP contribution in [0.4, 0.5) is 0 Å². The van der Waals surface area contributed by atoms with Crippen LogP contribution in [-0.2, 0) is 0 Å². The molecule has 1 atom stereocenters. The number of aromatic nitrogens is 1. The smallest absolute Gasteiger partial charge is 0.160 e. The molecular weight excluding hydrogens is 827 g/mol. The maximum absolute atomic E-state index is 6.87. The van der Waals surface area contributed by atoms with Crippen molar-refractivity contribution >= 4 is 93.3 Å². The van der Waals surface area contributed by atoms with Gasteiger partial charge in [-0.3, -0.25) is 0 Å². The Bertz CT molecular complexity index is 4110. The third-order valence-corrected chi connectivity index (χ3v) is 14.9. The van der Waals surface area contributed by atoms with E-state index in [-0.39, 0.29) is 5.92 Å². The monoisotopic (exact) mass is 871 g/mol. The third-order valence-electron chi connectivity index (χ3n) is 14.9. The lowest BCUT2D eigenvalue weighted by Gasteiger charge is -2.22. The fourth-order valence-corrected chi connectivity index (χ4v) is 11.6. The highest BCUT2D eigenvalue weighted by Gasteiger charge is 2.30. The molecule has 68 heavy (non-hydrogen) atoms. The normalized spacial score (nSPS) is 16.0. The molecule has 1 aliphatic carbocycles. The Hall–Kier alpha value is -8.34. The lowest BCUT2D eigenvalue weighted by molar-refractivity contribution is 0.669. The molecule has 0 radical (unpaired) electrons. The van der Waals surface area contributed by atoms with Crippen molar-refractivity contribution < 1.29 is 4.42 Å². The van der Waals surface area contributed by atoms with E-state index in [4.69, 9.17) is 14.4 Å². The number of benzene rings is 10. The number of nitrogens with zero attached hydrogens (tertiary/aromatic N) is 3. The van der Waals surface area contributed by atoms with E-state index in [1.54, 1.807) is 0 Å². The summed E-state index contributed by atoms with van der Waals surface area (Å²) in [4.78, 5) is 11.6. The van der Waals surface area contributed by atoms with Crippen LogP contribution in [0.1, 0.15) is 54.4 Å². The summed E-state index contributed by atoms with van der Waals surface area (Å²) in [6.07, 6.45) is 5.02. The van der Waals surface area contributed by atoms with Crippen molar-refractivity contribution in [3.63, 3.8) is 0 Å². The van der Waals surface area contributed by atoms with Gasteiger partial charge in [-0.2, -0.15) is 0 Å². The Morgan fingerprint density at radius 1 is 0.485 bits per heavy atom. The molecule has 0 N–H and O–H groups in total. The van der Waals surface area contributed by atoms with Gasteiger partial charge in [-0.15, -0.1) is 0 Å². The maximum Gasteiger partial charge on any atom is 0.160 e. The van der Waals surface area contributed by atoms with Crippen LogP contribution in [-0.4, -0.2) is 16.1 Å². The molecule has 14 rings (SSSR count). The van der Waals surface area contributed by atoms with Crippen molar-refractivity contribution in [2.45, 2.75) is 32.1 Å². The van der Waals surface area contributed by atoms with E-state index < -0.39 is 0 Å². The van der Waals surface area contributed by atoms with Gasteiger partial charge in [-0.1, -0.05) is 177 Å². The molecule has 12 aromatic rings. The zero-order valence-electron chi connectivity index (χ0n) is 37.7. The average molecular weight is 872 g/mol. The number of rotatable bonds is 6. The maximum atomic E-state index is 6.87. The third kappa shape index (κ3) is 6.07. The molecule has 0 amide bonds. The quantitative estimate of drug-likeness (QED) is 0.164. The second kappa shape index (κ2) is 15.4. The van der Waals surface area contributed by atoms with E-state index in [2.05, 4.69) is 218 Å². The summed E-state index contributed by atoms with van der Waals surface area (Å²) < 4.78 is 9.32. The van der Waals surface area contributed by atoms with Crippen LogP contribution in [0.25, 0.3) is 98.6 Å². The molecule has 2 aliphatic rings. The van der Waals surface area contributed by atoms with E-state index in [9.17, 15) is 0 Å². The predicted octanol–water partition coefficient (Wildman–Crippen LogP) is 17.0. The van der Waals surface area contributed by atoms with E-state index >= 15 is 0 Å². The number of amidine groups is 1. The topological polar surface area (TPSA) is 42.8 Å². The first-order valence-corrected chi connectivity index (χ1v) is 24.0. The van der Waals surface area contributed by atoms with E-state index in [0.29, 0.717) is 5.92 Å². The summed E-state index contributed by atoms with van der Waals surface area (Å²) in [6, 6.07) is 72.8. The van der Waals surface area contributed by atoms with Gasteiger partial charge in [0.15, 0.2) is 5.84 Å². The molecule has 3 heterocycles. The fraction of sp³-hybridized carbons (Fsp3) is 0.0938. The van der Waals surface area contributed by atoms with Gasteiger partial charge in [0.1, 0.15) is 11.2 Å². The second-order valence-electron chi connectivity index (χ2n) is 18.8. The summed E-state index contributed by atoms with van der Waals surface area (Å²) >= 11 is 0. The largest absolute Gasteiger partial charge is 0.456 e. The lowest BCUT2D eigenvalue weighted by Crippen LogP contribution is -2.17. The van der Waals surface area contributed by atoms with Crippen LogP contribution in [0.15, 0.2) is 221 Å². The van der Waals surface area contributed by atoms with Crippen LogP contribution in [0.2, 0.25) is 0 Å². The predicted molar refractivity (Wildman–Crippen MR) is 286 cm³/mol. The molecule has 1 unspecified atom stereocenters. The van der Waals surface area contributed by atoms with Gasteiger partial charge in [-0.25, -0.2) is 9.98 Å². The molecule has 0 saturated heterocycles. The summed E-state index contributed by atoms with van der Waals surface area (Å²) in [5.74, 6) is 1.22. The summed E-state index contributed by atoms with van der Waals surface area (Å²) in [5, 5.41) is 11.7. The standard InChI is InChI=1S/C64H45N3O/c1-39-29-32-57(66-64(52-27-14-19-40-15-4-6-20-44(40)52)65-56(39)33-31-50-48-24-10-8-22-46(48)47-23-9-11-25-49(47)50)54-37-55-62(68-61-34-30-41-16-5-7-21-45(41)63(55)61)38-60(54)67-58-28-13-12-26-51(58)53-35-42-17-2-3-18-43(42)36-59(53)67/h2-28,30,32,34-39,50H,29,31,33H2,1H3/b57-32+,65-56?,66-64?. The van der Waals surface area contributed by atoms with Crippen molar-refractivity contribution in [2.24, 2.45) is 15.9 Å². The van der Waals surface area contributed by atoms with Gasteiger partial charge in [-0.05, 0) is 110 Å². The van der Waals surface area contributed by atoms with Gasteiger partial charge < -0.3 is 8.98 Å². The molecule has 0 spiro atoms. The number of allylic oxidation sites excluding steroid dienone is 1. The van der Waals surface area contributed by atoms with E-state index in [1.807, 2.05) is 0 Å². The van der Waals surface area contributed by atoms with Crippen molar-refractivity contribution in [3.05, 3.63) is 229 Å². The number of furan rings is 1. The number of hydrogen-bond donors (Lipinski definition) is 0. The number of aliphatic imine (C=N–C) groups is 2. The van der Waals surface area contributed by atoms with Crippen LogP contribution >= 0.6 is 0 Å². The first kappa shape index (κ1) is 38.9. The summed E-state index contributed by atoms with van der Waals surface area (Å²) in [5.41, 5.74) is 14.7. The average Bonchev–Trinajstić information content (AvgIpc) is 4.03. The minimum Gasteiger partial charge on any atom is -0.456 e. The summed E-state index contributed by atoms with van der Waals surface area (Å²) in [7, 11) is 0. The van der Waals surface area contributed by atoms with Crippen LogP contribution in [0.3, 0.4) is 0 Å². The lowest BCUT2D eigenvalue weighted by atomic mass is 9.87. The van der Waals surface area contributed by atoms with Crippen molar-refractivity contribution in [2.75, 3.05) is 0 Å².